The number of guanidine groups is 1. The van der Waals surface area contributed by atoms with Gasteiger partial charge in [-0.15, -0.1) is 0 Å². The maximum atomic E-state index is 5.91. The van der Waals surface area contributed by atoms with Crippen LogP contribution in [0.1, 0.15) is 30.4 Å². The van der Waals surface area contributed by atoms with Crippen molar-refractivity contribution < 1.29 is 0 Å². The monoisotopic (exact) mass is 274 g/mol. The Morgan fingerprint density at radius 1 is 1.40 bits per heavy atom. The first-order valence-electron chi connectivity index (χ1n) is 7.37. The molecule has 0 aliphatic heterocycles. The van der Waals surface area contributed by atoms with Crippen LogP contribution in [0, 0.1) is 12.8 Å². The Kier molecular flexibility index (Phi) is 4.88. The number of anilines is 1. The SMILES string of the molecule is Cc1cc(N(C)C)ccc1CN=C(N)NCC1CCC1. The number of rotatable bonds is 5. The zero-order chi connectivity index (χ0) is 14.5. The molecule has 0 unspecified atom stereocenters. The van der Waals surface area contributed by atoms with Crippen LogP contribution in [0.3, 0.4) is 0 Å². The maximum Gasteiger partial charge on any atom is 0.188 e. The van der Waals surface area contributed by atoms with Crippen molar-refractivity contribution in [3.8, 4) is 0 Å². The number of aliphatic imine (C=N–C) groups is 1. The molecule has 1 aliphatic carbocycles. The summed E-state index contributed by atoms with van der Waals surface area (Å²) in [7, 11) is 4.10. The highest BCUT2D eigenvalue weighted by molar-refractivity contribution is 5.77. The molecule has 2 rings (SSSR count). The number of hydrogen-bond donors (Lipinski definition) is 2. The fraction of sp³-hybridized carbons (Fsp3) is 0.562. The van der Waals surface area contributed by atoms with Gasteiger partial charge >= 0.3 is 0 Å². The fourth-order valence-electron chi connectivity index (χ4n) is 2.31. The summed E-state index contributed by atoms with van der Waals surface area (Å²) in [6, 6.07) is 6.44. The van der Waals surface area contributed by atoms with E-state index in [-0.39, 0.29) is 0 Å². The van der Waals surface area contributed by atoms with Crippen LogP contribution >= 0.6 is 0 Å². The molecule has 0 bridgehead atoms. The molecular formula is C16H26N4. The van der Waals surface area contributed by atoms with Crippen molar-refractivity contribution in [2.75, 3.05) is 25.5 Å². The summed E-state index contributed by atoms with van der Waals surface area (Å²) in [5.74, 6) is 1.36. The predicted molar refractivity (Wildman–Crippen MR) is 86.2 cm³/mol. The zero-order valence-corrected chi connectivity index (χ0v) is 12.8. The van der Waals surface area contributed by atoms with E-state index < -0.39 is 0 Å². The second kappa shape index (κ2) is 6.64. The Morgan fingerprint density at radius 2 is 2.15 bits per heavy atom. The van der Waals surface area contributed by atoms with Gasteiger partial charge in [0.2, 0.25) is 0 Å². The predicted octanol–water partition coefficient (Wildman–Crippen LogP) is 2.27. The smallest absolute Gasteiger partial charge is 0.188 e. The van der Waals surface area contributed by atoms with Crippen LogP contribution in [0.15, 0.2) is 23.2 Å². The van der Waals surface area contributed by atoms with E-state index >= 15 is 0 Å². The number of nitrogens with one attached hydrogen (secondary N) is 1. The Balaban J connectivity index is 1.88. The normalized spacial score (nSPS) is 15.8. The molecule has 0 radical (unpaired) electrons. The van der Waals surface area contributed by atoms with Crippen LogP contribution in [0.4, 0.5) is 5.69 Å². The van der Waals surface area contributed by atoms with Crippen molar-refractivity contribution >= 4 is 11.6 Å². The molecule has 1 aromatic carbocycles. The van der Waals surface area contributed by atoms with Gasteiger partial charge in [0.1, 0.15) is 0 Å². The lowest BCUT2D eigenvalue weighted by Crippen LogP contribution is -2.37. The molecule has 0 saturated heterocycles. The van der Waals surface area contributed by atoms with Gasteiger partial charge in [-0.05, 0) is 48.9 Å². The number of nitrogens with zero attached hydrogens (tertiary/aromatic N) is 2. The van der Waals surface area contributed by atoms with Gasteiger partial charge in [-0.2, -0.15) is 0 Å². The van der Waals surface area contributed by atoms with E-state index in [1.807, 2.05) is 0 Å². The summed E-state index contributed by atoms with van der Waals surface area (Å²) < 4.78 is 0. The van der Waals surface area contributed by atoms with E-state index in [0.29, 0.717) is 12.5 Å². The van der Waals surface area contributed by atoms with Crippen LogP contribution in [0.25, 0.3) is 0 Å². The number of hydrogen-bond acceptors (Lipinski definition) is 2. The summed E-state index contributed by atoms with van der Waals surface area (Å²) in [5.41, 5.74) is 9.60. The van der Waals surface area contributed by atoms with E-state index in [2.05, 4.69) is 54.4 Å². The largest absolute Gasteiger partial charge is 0.378 e. The van der Waals surface area contributed by atoms with Crippen LogP contribution in [-0.4, -0.2) is 26.6 Å². The van der Waals surface area contributed by atoms with E-state index in [9.17, 15) is 0 Å². The fourth-order valence-corrected chi connectivity index (χ4v) is 2.31. The topological polar surface area (TPSA) is 53.6 Å². The first-order valence-corrected chi connectivity index (χ1v) is 7.37. The van der Waals surface area contributed by atoms with Crippen molar-refractivity contribution in [2.24, 2.45) is 16.6 Å². The van der Waals surface area contributed by atoms with E-state index in [1.54, 1.807) is 0 Å². The van der Waals surface area contributed by atoms with Gasteiger partial charge in [0.05, 0.1) is 6.54 Å². The summed E-state index contributed by atoms with van der Waals surface area (Å²) in [6.45, 7) is 3.73. The lowest BCUT2D eigenvalue weighted by Gasteiger charge is -2.25. The third-order valence-corrected chi connectivity index (χ3v) is 4.06. The summed E-state index contributed by atoms with van der Waals surface area (Å²) in [5, 5.41) is 3.22. The highest BCUT2D eigenvalue weighted by Crippen LogP contribution is 2.25. The molecular weight excluding hydrogens is 248 g/mol. The summed E-state index contributed by atoms with van der Waals surface area (Å²) in [6.07, 6.45) is 4.01. The second-order valence-corrected chi connectivity index (χ2v) is 5.88. The average molecular weight is 274 g/mol. The first-order chi connectivity index (χ1) is 9.56. The highest BCUT2D eigenvalue weighted by atomic mass is 15.1. The average Bonchev–Trinajstić information content (AvgIpc) is 2.35. The number of benzene rings is 1. The summed E-state index contributed by atoms with van der Waals surface area (Å²) in [4.78, 5) is 6.54. The molecule has 0 aromatic heterocycles. The van der Waals surface area contributed by atoms with Crippen LogP contribution in [0.2, 0.25) is 0 Å². The van der Waals surface area contributed by atoms with E-state index in [4.69, 9.17) is 5.73 Å². The molecule has 1 saturated carbocycles. The number of nitrogens with two attached hydrogens (primary N) is 1. The molecule has 0 spiro atoms. The van der Waals surface area contributed by atoms with E-state index in [0.717, 1.165) is 12.5 Å². The van der Waals surface area contributed by atoms with Crippen molar-refractivity contribution in [1.82, 2.24) is 5.32 Å². The van der Waals surface area contributed by atoms with E-state index in [1.165, 1.54) is 36.1 Å². The van der Waals surface area contributed by atoms with Crippen molar-refractivity contribution in [3.05, 3.63) is 29.3 Å². The molecule has 1 fully saturated rings. The molecule has 4 heteroatoms. The van der Waals surface area contributed by atoms with Gasteiger partial charge in [-0.25, -0.2) is 4.99 Å². The minimum Gasteiger partial charge on any atom is -0.378 e. The van der Waals surface area contributed by atoms with Gasteiger partial charge in [0.25, 0.3) is 0 Å². The number of aryl methyl sites for hydroxylation is 1. The molecule has 0 heterocycles. The lowest BCUT2D eigenvalue weighted by molar-refractivity contribution is 0.315. The molecule has 3 N–H and O–H groups in total. The van der Waals surface area contributed by atoms with Gasteiger partial charge in [0, 0.05) is 26.3 Å². The zero-order valence-electron chi connectivity index (χ0n) is 12.8. The van der Waals surface area contributed by atoms with Crippen molar-refractivity contribution in [1.29, 1.82) is 0 Å². The standard InChI is InChI=1S/C16H26N4/c1-12-9-15(20(2)3)8-7-14(12)11-19-16(17)18-10-13-5-4-6-13/h7-9,13H,4-6,10-11H2,1-3H3,(H3,17,18,19). The molecule has 0 atom stereocenters. The van der Waals surface area contributed by atoms with Gasteiger partial charge < -0.3 is 16.0 Å². The molecule has 4 nitrogen and oxygen atoms in total. The van der Waals surface area contributed by atoms with Crippen LogP contribution in [-0.2, 0) is 6.54 Å². The molecule has 1 aliphatic rings. The Hall–Kier alpha value is -1.71. The molecule has 110 valence electrons. The molecule has 20 heavy (non-hydrogen) atoms. The van der Waals surface area contributed by atoms with Crippen molar-refractivity contribution in [2.45, 2.75) is 32.7 Å². The quantitative estimate of drug-likeness (QED) is 0.640. The highest BCUT2D eigenvalue weighted by Gasteiger charge is 2.16. The lowest BCUT2D eigenvalue weighted by atomic mass is 9.85. The third kappa shape index (κ3) is 3.89. The second-order valence-electron chi connectivity index (χ2n) is 5.88. The Morgan fingerprint density at radius 3 is 2.70 bits per heavy atom. The maximum absolute atomic E-state index is 5.91. The minimum atomic E-state index is 0.563. The van der Waals surface area contributed by atoms with Crippen molar-refractivity contribution in [3.63, 3.8) is 0 Å². The van der Waals surface area contributed by atoms with Gasteiger partial charge in [0.15, 0.2) is 5.96 Å². The Bertz CT molecular complexity index is 475. The van der Waals surface area contributed by atoms with Gasteiger partial charge in [-0.1, -0.05) is 12.5 Å². The Labute approximate surface area is 122 Å². The van der Waals surface area contributed by atoms with Crippen LogP contribution < -0.4 is 16.0 Å². The van der Waals surface area contributed by atoms with Crippen LogP contribution in [0.5, 0.6) is 0 Å². The first kappa shape index (κ1) is 14.7. The summed E-state index contributed by atoms with van der Waals surface area (Å²) >= 11 is 0. The molecule has 0 amide bonds. The molecule has 1 aromatic rings. The third-order valence-electron chi connectivity index (χ3n) is 4.06. The minimum absolute atomic E-state index is 0.563. The van der Waals surface area contributed by atoms with Gasteiger partial charge in [-0.3, -0.25) is 0 Å².